The number of carboxylic acids is 1. The zero-order valence-electron chi connectivity index (χ0n) is 54.1. The number of hydrogen-bond donors (Lipinski definition) is 7. The van der Waals surface area contributed by atoms with E-state index >= 15 is 0 Å². The number of para-hydroxylation sites is 1. The van der Waals surface area contributed by atoms with E-state index in [0.29, 0.717) is 44.9 Å². The first-order valence-corrected chi connectivity index (χ1v) is 32.9. The zero-order chi connectivity index (χ0) is 65.6. The minimum Gasteiger partial charge on any atom is -0.481 e. The Morgan fingerprint density at radius 3 is 1.80 bits per heavy atom. The average Bonchev–Trinajstić information content (AvgIpc) is 0.729. The van der Waals surface area contributed by atoms with Gasteiger partial charge in [-0.2, -0.15) is 0 Å². The fourth-order valence-corrected chi connectivity index (χ4v) is 15.4. The van der Waals surface area contributed by atoms with Crippen molar-refractivity contribution in [2.75, 3.05) is 75.4 Å². The third kappa shape index (κ3) is 16.2. The highest BCUT2D eigenvalue weighted by Gasteiger charge is 2.58. The number of nitrogen functional groups attached to an aromatic ring is 1. The standard InChI is InChI=1S/C72H93N7O13/c1-47(65(85)76-54-23-19-50-21-26-60-70(3,56(50)45-54)32-11-34-72(60,5)68(88)78-67(87)71(4)33-10-31-69(2)55-44-53(73)22-18-49(55)20-25-59(69)71)75-66(86)57(24-29-64(83)84)77-62(81)30-36-89-38-40-91-42-43-92-41-39-90-37-35-74-61(80)27-28-63(82)79-46-52-14-7-6-12-48(52)16-17-51-13-8-9-15-58(51)79/h6-9,12-19,22-23,44-45,47,57,59-60H,10-11,20-21,24-43,46,73H2,1-5H3,(H,74,80)(H,75,86)(H,76,85)(H,77,81)(H,83,84)(H,78,87,88)/b17-16-/t47-,57-,59+,60?,69+,70+,71-,72-/m0/s1. The Kier molecular flexibility index (Phi) is 22.9. The number of aliphatic carboxylic acids is 1. The van der Waals surface area contributed by atoms with Crippen molar-refractivity contribution < 1.29 is 62.4 Å². The molecule has 0 radical (unpaired) electrons. The maximum Gasteiger partial charge on any atom is 0.303 e. The second-order valence-electron chi connectivity index (χ2n) is 26.5. The van der Waals surface area contributed by atoms with Gasteiger partial charge in [0, 0.05) is 43.6 Å². The lowest BCUT2D eigenvalue weighted by Gasteiger charge is -2.56. The minimum atomic E-state index is -1.24. The van der Waals surface area contributed by atoms with Crippen molar-refractivity contribution in [3.63, 3.8) is 0 Å². The molecule has 7 amide bonds. The van der Waals surface area contributed by atoms with Crippen LogP contribution in [0.4, 0.5) is 17.1 Å². The van der Waals surface area contributed by atoms with E-state index in [1.54, 1.807) is 4.90 Å². The molecule has 8 N–H and O–H groups in total. The number of nitrogens with one attached hydrogen (secondary N) is 5. The van der Waals surface area contributed by atoms with Crippen LogP contribution in [0.3, 0.4) is 0 Å². The van der Waals surface area contributed by atoms with Crippen molar-refractivity contribution in [3.8, 4) is 0 Å². The molecule has 2 saturated carbocycles. The van der Waals surface area contributed by atoms with Gasteiger partial charge in [-0.3, -0.25) is 43.7 Å². The Hall–Kier alpha value is -7.78. The quantitative estimate of drug-likeness (QED) is 0.0160. The molecule has 1 aliphatic heterocycles. The summed E-state index contributed by atoms with van der Waals surface area (Å²) in [5.74, 6) is -3.76. The van der Waals surface area contributed by atoms with Crippen LogP contribution in [0, 0.1) is 22.7 Å². The van der Waals surface area contributed by atoms with Crippen LogP contribution < -0.4 is 37.2 Å². The number of anilines is 3. The van der Waals surface area contributed by atoms with Gasteiger partial charge in [0.25, 0.3) is 0 Å². The van der Waals surface area contributed by atoms with Gasteiger partial charge in [0.15, 0.2) is 0 Å². The number of benzene rings is 4. The predicted molar refractivity (Wildman–Crippen MR) is 351 cm³/mol. The van der Waals surface area contributed by atoms with Crippen LogP contribution in [0.2, 0.25) is 0 Å². The molecular weight excluding hydrogens is 1170 g/mol. The summed E-state index contributed by atoms with van der Waals surface area (Å²) in [6, 6.07) is 25.3. The van der Waals surface area contributed by atoms with Gasteiger partial charge in [-0.05, 0) is 157 Å². The Balaban J connectivity index is 0.644. The summed E-state index contributed by atoms with van der Waals surface area (Å²) in [4.78, 5) is 109. The van der Waals surface area contributed by atoms with E-state index in [9.17, 15) is 43.5 Å². The lowest BCUT2D eigenvalue weighted by molar-refractivity contribution is -0.150. The summed E-state index contributed by atoms with van der Waals surface area (Å²) in [5.41, 5.74) is 13.8. The van der Waals surface area contributed by atoms with Gasteiger partial charge in [-0.15, -0.1) is 0 Å². The second-order valence-corrected chi connectivity index (χ2v) is 26.5. The van der Waals surface area contributed by atoms with Gasteiger partial charge >= 0.3 is 5.97 Å². The van der Waals surface area contributed by atoms with Gasteiger partial charge in [0.05, 0.1) is 75.9 Å². The minimum absolute atomic E-state index is 0.00779. The normalized spacial score (nSPS) is 23.7. The summed E-state index contributed by atoms with van der Waals surface area (Å²) in [5, 5.41) is 23.5. The number of hydrogen-bond acceptors (Lipinski definition) is 13. The molecule has 4 aromatic rings. The molecule has 1 heterocycles. The lowest BCUT2D eigenvalue weighted by atomic mass is 9.49. The SMILES string of the molecule is C[C@H](NC(=O)[C@H](CCC(=O)O)NC(=O)CCOCCOCCOCCOCCNC(=O)CCC(=O)N1Cc2ccccc2/C=C\c2ccccc21)C(=O)Nc1ccc2c(c1)[C@@]1(C)CCC[C@](C)(C(=O)NC(=O)[C@@]3(C)CCC[C@]4(C)c5cc(N)ccc5CC[C@@H]34)C1CC2. The molecule has 0 saturated heterocycles. The van der Waals surface area contributed by atoms with E-state index in [-0.39, 0.29) is 106 Å². The number of nitrogens with two attached hydrogens (primary N) is 1. The number of aryl methyl sites for hydroxylation is 2. The number of carbonyl (C=O) groups is 8. The van der Waals surface area contributed by atoms with E-state index in [4.69, 9.17) is 24.7 Å². The van der Waals surface area contributed by atoms with Gasteiger partial charge in [-0.1, -0.05) is 107 Å². The molecule has 4 aliphatic carbocycles. The van der Waals surface area contributed by atoms with E-state index in [2.05, 4.69) is 65.6 Å². The molecule has 5 aliphatic rings. The lowest BCUT2D eigenvalue weighted by Crippen LogP contribution is -2.60. The molecule has 0 spiro atoms. The van der Waals surface area contributed by atoms with Crippen molar-refractivity contribution in [1.29, 1.82) is 0 Å². The third-order valence-corrected chi connectivity index (χ3v) is 20.4. The number of amides is 7. The van der Waals surface area contributed by atoms with E-state index < -0.39 is 58.4 Å². The molecule has 494 valence electrons. The first-order valence-electron chi connectivity index (χ1n) is 32.9. The fraction of sp³-hybridized carbons (Fsp3) is 0.528. The van der Waals surface area contributed by atoms with Crippen LogP contribution in [0.5, 0.6) is 0 Å². The van der Waals surface area contributed by atoms with E-state index in [1.165, 1.54) is 18.1 Å². The number of imide groups is 1. The van der Waals surface area contributed by atoms with Crippen molar-refractivity contribution in [3.05, 3.63) is 124 Å². The summed E-state index contributed by atoms with van der Waals surface area (Å²) < 4.78 is 22.3. The average molecular weight is 1260 g/mol. The molecule has 20 heteroatoms. The molecule has 9 rings (SSSR count). The van der Waals surface area contributed by atoms with Crippen molar-refractivity contribution in [2.24, 2.45) is 22.7 Å². The number of carboxylic acid groups (broad SMARTS) is 1. The van der Waals surface area contributed by atoms with Crippen LogP contribution in [0.15, 0.2) is 84.9 Å². The maximum absolute atomic E-state index is 14.8. The van der Waals surface area contributed by atoms with Gasteiger partial charge in [0.1, 0.15) is 12.1 Å². The number of carbonyl (C=O) groups excluding carboxylic acids is 7. The summed E-state index contributed by atoms with van der Waals surface area (Å²) in [6.45, 7) is 12.6. The highest BCUT2D eigenvalue weighted by atomic mass is 16.6. The van der Waals surface area contributed by atoms with Gasteiger partial charge in [0.2, 0.25) is 41.4 Å². The second kappa shape index (κ2) is 30.8. The summed E-state index contributed by atoms with van der Waals surface area (Å²) in [7, 11) is 0. The molecule has 92 heavy (non-hydrogen) atoms. The highest BCUT2D eigenvalue weighted by Crippen LogP contribution is 2.60. The monoisotopic (exact) mass is 1260 g/mol. The van der Waals surface area contributed by atoms with Crippen molar-refractivity contribution >= 4 is 76.5 Å². The number of rotatable bonds is 28. The summed E-state index contributed by atoms with van der Waals surface area (Å²) >= 11 is 0. The summed E-state index contributed by atoms with van der Waals surface area (Å²) in [6.07, 6.45) is 11.4. The Bertz CT molecular complexity index is 3390. The number of fused-ring (bicyclic) bond motifs is 8. The largest absolute Gasteiger partial charge is 0.481 e. The number of ether oxygens (including phenoxy) is 4. The molecule has 8 atom stereocenters. The Labute approximate surface area is 540 Å². The first kappa shape index (κ1) is 68.6. The molecule has 0 bridgehead atoms. The highest BCUT2D eigenvalue weighted by molar-refractivity contribution is 6.02. The van der Waals surface area contributed by atoms with Gasteiger partial charge < -0.3 is 56.0 Å². The van der Waals surface area contributed by atoms with Crippen molar-refractivity contribution in [1.82, 2.24) is 21.3 Å². The van der Waals surface area contributed by atoms with Crippen molar-refractivity contribution in [2.45, 2.75) is 160 Å². The van der Waals surface area contributed by atoms with E-state index in [1.807, 2.05) is 85.8 Å². The van der Waals surface area contributed by atoms with Gasteiger partial charge in [-0.25, -0.2) is 0 Å². The zero-order valence-corrected chi connectivity index (χ0v) is 54.1. The first-order chi connectivity index (χ1) is 44.1. The molecule has 4 aromatic carbocycles. The van der Waals surface area contributed by atoms with E-state index in [0.717, 1.165) is 90.6 Å². The fourth-order valence-electron chi connectivity index (χ4n) is 15.4. The van der Waals surface area contributed by atoms with Crippen LogP contribution in [0.1, 0.15) is 157 Å². The topological polar surface area (TPSA) is 283 Å². The Morgan fingerprint density at radius 1 is 0.598 bits per heavy atom. The number of nitrogens with zero attached hydrogens (tertiary/aromatic N) is 1. The molecular formula is C72H93N7O13. The van der Waals surface area contributed by atoms with Crippen LogP contribution in [-0.4, -0.2) is 124 Å². The third-order valence-electron chi connectivity index (χ3n) is 20.4. The molecule has 1 unspecified atom stereocenters. The Morgan fingerprint density at radius 2 is 1.16 bits per heavy atom. The molecule has 0 aromatic heterocycles. The molecule has 2 fully saturated rings. The van der Waals surface area contributed by atoms with Crippen LogP contribution in [-0.2, 0) is 87.5 Å². The smallest absolute Gasteiger partial charge is 0.303 e. The predicted octanol–water partition coefficient (Wildman–Crippen LogP) is 8.50. The maximum atomic E-state index is 14.8. The van der Waals surface area contributed by atoms with Crippen LogP contribution >= 0.6 is 0 Å². The van der Waals surface area contributed by atoms with Crippen LogP contribution in [0.25, 0.3) is 12.2 Å². The molecule has 20 nitrogen and oxygen atoms in total.